The van der Waals surface area contributed by atoms with E-state index in [1.165, 1.54) is 0 Å². The van der Waals surface area contributed by atoms with E-state index in [4.69, 9.17) is 16.3 Å². The van der Waals surface area contributed by atoms with Crippen molar-refractivity contribution in [3.05, 3.63) is 35.4 Å². The first kappa shape index (κ1) is 13.4. The van der Waals surface area contributed by atoms with Crippen LogP contribution in [-0.2, 0) is 16.0 Å². The maximum absolute atomic E-state index is 12.3. The number of hydrogen-bond acceptors (Lipinski definition) is 2. The molecule has 1 atom stereocenters. The summed E-state index contributed by atoms with van der Waals surface area (Å²) in [5.74, 6) is -0.0131. The number of hydrogen-bond donors (Lipinski definition) is 0. The van der Waals surface area contributed by atoms with Gasteiger partial charge in [0.05, 0.1) is 13.2 Å². The van der Waals surface area contributed by atoms with Crippen molar-refractivity contribution < 1.29 is 9.53 Å². The number of ether oxygens (including phenoxy) is 1. The van der Waals surface area contributed by atoms with Crippen molar-refractivity contribution >= 4 is 17.5 Å². The molecular weight excluding hydrogens is 250 g/mol. The Labute approximate surface area is 113 Å². The summed E-state index contributed by atoms with van der Waals surface area (Å²) in [6.45, 7) is 4.55. The van der Waals surface area contributed by atoms with Gasteiger partial charge in [-0.3, -0.25) is 4.79 Å². The van der Waals surface area contributed by atoms with Crippen LogP contribution in [0.5, 0.6) is 0 Å². The standard InChI is InChI=1S/C14H18ClNO2/c1-2-11-5-3-4-6-12(11)13(15)14(17)16-7-9-18-10-8-16/h3-6,13H,2,7-10H2,1H3. The number of benzene rings is 1. The van der Waals surface area contributed by atoms with Crippen LogP contribution in [0.3, 0.4) is 0 Å². The van der Waals surface area contributed by atoms with E-state index in [0.29, 0.717) is 26.3 Å². The number of morpholine rings is 1. The zero-order chi connectivity index (χ0) is 13.0. The SMILES string of the molecule is CCc1ccccc1C(Cl)C(=O)N1CCOCC1. The first-order chi connectivity index (χ1) is 8.74. The van der Waals surface area contributed by atoms with Gasteiger partial charge in [-0.05, 0) is 17.5 Å². The molecule has 0 spiro atoms. The van der Waals surface area contributed by atoms with Gasteiger partial charge in [0.2, 0.25) is 5.91 Å². The summed E-state index contributed by atoms with van der Waals surface area (Å²) < 4.78 is 5.24. The normalized spacial score (nSPS) is 17.6. The Bertz CT molecular complexity index is 416. The van der Waals surface area contributed by atoms with Crippen LogP contribution in [0.4, 0.5) is 0 Å². The van der Waals surface area contributed by atoms with E-state index in [-0.39, 0.29) is 5.91 Å². The minimum atomic E-state index is -0.584. The zero-order valence-corrected chi connectivity index (χ0v) is 11.3. The topological polar surface area (TPSA) is 29.5 Å². The molecule has 1 aromatic rings. The number of rotatable bonds is 3. The molecule has 3 nitrogen and oxygen atoms in total. The van der Waals surface area contributed by atoms with E-state index in [9.17, 15) is 4.79 Å². The third-order valence-electron chi connectivity index (χ3n) is 3.25. The summed E-state index contributed by atoms with van der Waals surface area (Å²) in [4.78, 5) is 14.1. The number of carbonyl (C=O) groups excluding carboxylic acids is 1. The van der Waals surface area contributed by atoms with E-state index in [2.05, 4.69) is 6.92 Å². The Morgan fingerprint density at radius 1 is 1.39 bits per heavy atom. The van der Waals surface area contributed by atoms with Gasteiger partial charge in [0.15, 0.2) is 0 Å². The number of carbonyl (C=O) groups is 1. The predicted octanol–water partition coefficient (Wildman–Crippen LogP) is 2.39. The lowest BCUT2D eigenvalue weighted by molar-refractivity contribution is -0.134. The summed E-state index contributed by atoms with van der Waals surface area (Å²) in [6.07, 6.45) is 0.885. The Hall–Kier alpha value is -1.06. The van der Waals surface area contributed by atoms with Crippen LogP contribution in [0.1, 0.15) is 23.4 Å². The summed E-state index contributed by atoms with van der Waals surface area (Å²) in [5.41, 5.74) is 2.07. The fourth-order valence-corrected chi connectivity index (χ4v) is 2.53. The molecule has 98 valence electrons. The highest BCUT2D eigenvalue weighted by atomic mass is 35.5. The van der Waals surface area contributed by atoms with E-state index in [1.807, 2.05) is 24.3 Å². The molecule has 1 amide bonds. The Morgan fingerprint density at radius 2 is 2.06 bits per heavy atom. The fraction of sp³-hybridized carbons (Fsp3) is 0.500. The van der Waals surface area contributed by atoms with Crippen molar-refractivity contribution in [2.45, 2.75) is 18.7 Å². The number of alkyl halides is 1. The number of nitrogens with zero attached hydrogens (tertiary/aromatic N) is 1. The first-order valence-corrected chi connectivity index (χ1v) is 6.76. The Kier molecular flexibility index (Phi) is 4.61. The van der Waals surface area contributed by atoms with Crippen molar-refractivity contribution in [1.29, 1.82) is 0 Å². The molecule has 1 aliphatic rings. The van der Waals surface area contributed by atoms with Gasteiger partial charge in [-0.1, -0.05) is 31.2 Å². The quantitative estimate of drug-likeness (QED) is 0.787. The maximum Gasteiger partial charge on any atom is 0.245 e. The van der Waals surface area contributed by atoms with Crippen LogP contribution in [0, 0.1) is 0 Å². The molecule has 0 saturated carbocycles. The molecule has 0 radical (unpaired) electrons. The van der Waals surface area contributed by atoms with Crippen LogP contribution in [0.2, 0.25) is 0 Å². The third-order valence-corrected chi connectivity index (χ3v) is 3.67. The number of halogens is 1. The molecule has 1 unspecified atom stereocenters. The second kappa shape index (κ2) is 6.21. The molecule has 1 heterocycles. The molecule has 0 aliphatic carbocycles. The van der Waals surface area contributed by atoms with Gasteiger partial charge in [-0.2, -0.15) is 0 Å². The molecule has 1 fully saturated rings. The second-order valence-electron chi connectivity index (χ2n) is 4.35. The molecule has 2 rings (SSSR count). The smallest absolute Gasteiger partial charge is 0.245 e. The van der Waals surface area contributed by atoms with Crippen molar-refractivity contribution in [3.63, 3.8) is 0 Å². The van der Waals surface area contributed by atoms with Crippen molar-refractivity contribution in [2.24, 2.45) is 0 Å². The minimum Gasteiger partial charge on any atom is -0.378 e. The highest BCUT2D eigenvalue weighted by Gasteiger charge is 2.26. The molecule has 1 aliphatic heterocycles. The second-order valence-corrected chi connectivity index (χ2v) is 4.79. The van der Waals surface area contributed by atoms with Gasteiger partial charge in [0.25, 0.3) is 0 Å². The Balaban J connectivity index is 2.14. The lowest BCUT2D eigenvalue weighted by Crippen LogP contribution is -2.42. The van der Waals surface area contributed by atoms with Crippen molar-refractivity contribution in [2.75, 3.05) is 26.3 Å². The van der Waals surface area contributed by atoms with Gasteiger partial charge in [-0.25, -0.2) is 0 Å². The van der Waals surface area contributed by atoms with Gasteiger partial charge in [0, 0.05) is 13.1 Å². The van der Waals surface area contributed by atoms with Crippen molar-refractivity contribution in [3.8, 4) is 0 Å². The monoisotopic (exact) mass is 267 g/mol. The highest BCUT2D eigenvalue weighted by molar-refractivity contribution is 6.30. The maximum atomic E-state index is 12.3. The molecular formula is C14H18ClNO2. The number of aryl methyl sites for hydroxylation is 1. The molecule has 1 aromatic carbocycles. The molecule has 0 N–H and O–H groups in total. The van der Waals surface area contributed by atoms with E-state index in [0.717, 1.165) is 17.5 Å². The third kappa shape index (κ3) is 2.85. The molecule has 4 heteroatoms. The van der Waals surface area contributed by atoms with Gasteiger partial charge in [0.1, 0.15) is 5.38 Å². The van der Waals surface area contributed by atoms with Gasteiger partial charge < -0.3 is 9.64 Å². The summed E-state index contributed by atoms with van der Waals surface area (Å²) in [5, 5.41) is -0.584. The molecule has 18 heavy (non-hydrogen) atoms. The number of amides is 1. The van der Waals surface area contributed by atoms with E-state index >= 15 is 0 Å². The lowest BCUT2D eigenvalue weighted by Gasteiger charge is -2.29. The molecule has 0 aromatic heterocycles. The average molecular weight is 268 g/mol. The van der Waals surface area contributed by atoms with Crippen LogP contribution >= 0.6 is 11.6 Å². The predicted molar refractivity (Wildman–Crippen MR) is 71.8 cm³/mol. The molecule has 0 bridgehead atoms. The largest absolute Gasteiger partial charge is 0.378 e. The van der Waals surface area contributed by atoms with Crippen LogP contribution in [-0.4, -0.2) is 37.1 Å². The lowest BCUT2D eigenvalue weighted by atomic mass is 10.0. The van der Waals surface area contributed by atoms with Crippen LogP contribution in [0.15, 0.2) is 24.3 Å². The van der Waals surface area contributed by atoms with Gasteiger partial charge in [-0.15, -0.1) is 11.6 Å². The fourth-order valence-electron chi connectivity index (χ4n) is 2.18. The van der Waals surface area contributed by atoms with E-state index in [1.54, 1.807) is 4.90 Å². The van der Waals surface area contributed by atoms with Crippen molar-refractivity contribution in [1.82, 2.24) is 4.90 Å². The highest BCUT2D eigenvalue weighted by Crippen LogP contribution is 2.26. The minimum absolute atomic E-state index is 0.0131. The summed E-state index contributed by atoms with van der Waals surface area (Å²) in [6, 6.07) is 7.87. The van der Waals surface area contributed by atoms with Gasteiger partial charge >= 0.3 is 0 Å². The average Bonchev–Trinajstić information content (AvgIpc) is 2.46. The van der Waals surface area contributed by atoms with Crippen LogP contribution in [0.25, 0.3) is 0 Å². The first-order valence-electron chi connectivity index (χ1n) is 6.32. The van der Waals surface area contributed by atoms with E-state index < -0.39 is 5.38 Å². The zero-order valence-electron chi connectivity index (χ0n) is 10.6. The summed E-state index contributed by atoms with van der Waals surface area (Å²) in [7, 11) is 0. The Morgan fingerprint density at radius 3 is 2.72 bits per heavy atom. The van der Waals surface area contributed by atoms with Crippen LogP contribution < -0.4 is 0 Å². The summed E-state index contributed by atoms with van der Waals surface area (Å²) >= 11 is 6.34. The molecule has 1 saturated heterocycles.